The average Bonchev–Trinajstić information content (AvgIpc) is 3.46. The quantitative estimate of drug-likeness (QED) is 0.409. The van der Waals surface area contributed by atoms with Crippen LogP contribution in [0.25, 0.3) is 0 Å². The summed E-state index contributed by atoms with van der Waals surface area (Å²) in [5, 5.41) is 9.51. The van der Waals surface area contributed by atoms with Crippen LogP contribution in [0.3, 0.4) is 0 Å². The van der Waals surface area contributed by atoms with Crippen molar-refractivity contribution in [3.63, 3.8) is 0 Å². The minimum absolute atomic E-state index is 0.249. The van der Waals surface area contributed by atoms with E-state index in [4.69, 9.17) is 13.7 Å². The fourth-order valence-electron chi connectivity index (χ4n) is 3.25. The first-order chi connectivity index (χ1) is 16.0. The van der Waals surface area contributed by atoms with Gasteiger partial charge in [0, 0.05) is 5.56 Å². The Morgan fingerprint density at radius 1 is 1.00 bits per heavy atom. The monoisotopic (exact) mass is 445 g/mol. The molecule has 0 saturated carbocycles. The second kappa shape index (κ2) is 9.86. The van der Waals surface area contributed by atoms with Gasteiger partial charge in [-0.1, -0.05) is 23.4 Å². The van der Waals surface area contributed by atoms with E-state index in [2.05, 4.69) is 15.8 Å². The number of carbonyl (C=O) groups is 2. The summed E-state index contributed by atoms with van der Waals surface area (Å²) >= 11 is 0. The molecule has 0 saturated heterocycles. The van der Waals surface area contributed by atoms with Crippen molar-refractivity contribution in [1.29, 1.82) is 0 Å². The van der Waals surface area contributed by atoms with Crippen LogP contribution in [0.15, 0.2) is 75.9 Å². The lowest BCUT2D eigenvalue weighted by Gasteiger charge is -2.12. The van der Waals surface area contributed by atoms with Crippen molar-refractivity contribution in [3.05, 3.63) is 101 Å². The lowest BCUT2D eigenvalue weighted by atomic mass is 10.1. The minimum Gasteiger partial charge on any atom is -0.489 e. The van der Waals surface area contributed by atoms with Crippen LogP contribution in [0.2, 0.25) is 0 Å². The molecule has 4 rings (SSSR count). The Bertz CT molecular complexity index is 1240. The second-order valence-electron chi connectivity index (χ2n) is 7.38. The summed E-state index contributed by atoms with van der Waals surface area (Å²) in [4.78, 5) is 25.5. The topological polar surface area (TPSA) is 107 Å². The van der Waals surface area contributed by atoms with Gasteiger partial charge in [-0.05, 0) is 56.3 Å². The molecule has 0 atom stereocenters. The number of hydrogen-bond acceptors (Lipinski definition) is 6. The third kappa shape index (κ3) is 5.30. The number of carbonyl (C=O) groups excluding carboxylic acids is 2. The standard InChI is InChI=1S/C25H23N3O5/c1-16-22(17(2)33-28-16)15-32-19-8-5-7-18(13-19)24(29)27-23-11-4-3-10-21(23)25(30)26-14-20-9-6-12-31-20/h3-13H,14-15H2,1-2H3,(H,26,30)(H,27,29). The Morgan fingerprint density at radius 2 is 1.85 bits per heavy atom. The normalized spacial score (nSPS) is 10.6. The van der Waals surface area contributed by atoms with Gasteiger partial charge in [0.15, 0.2) is 0 Å². The molecule has 4 aromatic rings. The largest absolute Gasteiger partial charge is 0.489 e. The summed E-state index contributed by atoms with van der Waals surface area (Å²) in [7, 11) is 0. The molecular formula is C25H23N3O5. The van der Waals surface area contributed by atoms with E-state index in [0.29, 0.717) is 34.1 Å². The van der Waals surface area contributed by atoms with Gasteiger partial charge in [0.2, 0.25) is 0 Å². The lowest BCUT2D eigenvalue weighted by molar-refractivity contribution is 0.0949. The summed E-state index contributed by atoms with van der Waals surface area (Å²) in [6.45, 7) is 4.20. The van der Waals surface area contributed by atoms with E-state index in [1.807, 2.05) is 13.8 Å². The van der Waals surface area contributed by atoms with Crippen molar-refractivity contribution < 1.29 is 23.3 Å². The van der Waals surface area contributed by atoms with Gasteiger partial charge < -0.3 is 24.3 Å². The van der Waals surface area contributed by atoms with E-state index >= 15 is 0 Å². The Morgan fingerprint density at radius 3 is 2.61 bits per heavy atom. The van der Waals surface area contributed by atoms with E-state index < -0.39 is 0 Å². The summed E-state index contributed by atoms with van der Waals surface area (Å²) in [6, 6.07) is 17.2. The number of para-hydroxylation sites is 1. The molecule has 0 aliphatic carbocycles. The number of anilines is 1. The molecule has 8 heteroatoms. The molecule has 0 aliphatic rings. The maximum atomic E-state index is 12.9. The van der Waals surface area contributed by atoms with E-state index in [1.54, 1.807) is 66.9 Å². The number of aryl methyl sites for hydroxylation is 2. The zero-order chi connectivity index (χ0) is 23.2. The Labute approximate surface area is 190 Å². The number of nitrogens with zero attached hydrogens (tertiary/aromatic N) is 1. The smallest absolute Gasteiger partial charge is 0.255 e. The Kier molecular flexibility index (Phi) is 6.54. The van der Waals surface area contributed by atoms with Crippen LogP contribution in [-0.2, 0) is 13.2 Å². The Hall–Kier alpha value is -4.33. The van der Waals surface area contributed by atoms with Crippen molar-refractivity contribution in [3.8, 4) is 5.75 Å². The van der Waals surface area contributed by atoms with Crippen LogP contribution >= 0.6 is 0 Å². The first-order valence-electron chi connectivity index (χ1n) is 10.4. The molecule has 2 N–H and O–H groups in total. The highest BCUT2D eigenvalue weighted by Crippen LogP contribution is 2.21. The predicted octanol–water partition coefficient (Wildman–Crippen LogP) is 4.65. The van der Waals surface area contributed by atoms with Gasteiger partial charge in [-0.25, -0.2) is 0 Å². The SMILES string of the molecule is Cc1noc(C)c1COc1cccc(C(=O)Nc2ccccc2C(=O)NCc2ccco2)c1. The second-order valence-corrected chi connectivity index (χ2v) is 7.38. The zero-order valence-electron chi connectivity index (χ0n) is 18.3. The van der Waals surface area contributed by atoms with Gasteiger partial charge in [0.1, 0.15) is 23.9 Å². The molecule has 2 heterocycles. The number of nitrogens with one attached hydrogen (secondary N) is 2. The number of hydrogen-bond donors (Lipinski definition) is 2. The van der Waals surface area contributed by atoms with Crippen LogP contribution in [0, 0.1) is 13.8 Å². The fraction of sp³-hybridized carbons (Fsp3) is 0.160. The van der Waals surface area contributed by atoms with E-state index in [0.717, 1.165) is 11.3 Å². The molecule has 33 heavy (non-hydrogen) atoms. The summed E-state index contributed by atoms with van der Waals surface area (Å²) in [5.74, 6) is 1.19. The van der Waals surface area contributed by atoms with Crippen LogP contribution in [0.1, 0.15) is 43.5 Å². The summed E-state index contributed by atoms with van der Waals surface area (Å²) in [6.07, 6.45) is 1.54. The van der Waals surface area contributed by atoms with Gasteiger partial charge in [0.25, 0.3) is 11.8 Å². The molecule has 8 nitrogen and oxygen atoms in total. The molecule has 0 bridgehead atoms. The number of ether oxygens (including phenoxy) is 1. The van der Waals surface area contributed by atoms with Crippen LogP contribution in [-0.4, -0.2) is 17.0 Å². The highest BCUT2D eigenvalue weighted by Gasteiger charge is 2.15. The molecule has 0 unspecified atom stereocenters. The lowest BCUT2D eigenvalue weighted by Crippen LogP contribution is -2.24. The fourth-order valence-corrected chi connectivity index (χ4v) is 3.25. The predicted molar refractivity (Wildman–Crippen MR) is 121 cm³/mol. The third-order valence-electron chi connectivity index (χ3n) is 5.08. The number of benzene rings is 2. The first kappa shape index (κ1) is 21.9. The number of furan rings is 1. The number of rotatable bonds is 8. The highest BCUT2D eigenvalue weighted by molar-refractivity contribution is 6.09. The molecule has 0 spiro atoms. The number of aromatic nitrogens is 1. The first-order valence-corrected chi connectivity index (χ1v) is 10.4. The average molecular weight is 445 g/mol. The maximum Gasteiger partial charge on any atom is 0.255 e. The molecule has 2 amide bonds. The maximum absolute atomic E-state index is 12.9. The van der Waals surface area contributed by atoms with E-state index in [-0.39, 0.29) is 25.0 Å². The van der Waals surface area contributed by atoms with Crippen molar-refractivity contribution in [2.45, 2.75) is 27.0 Å². The molecule has 0 fully saturated rings. The molecular weight excluding hydrogens is 422 g/mol. The van der Waals surface area contributed by atoms with Gasteiger partial charge >= 0.3 is 0 Å². The van der Waals surface area contributed by atoms with Gasteiger partial charge in [-0.2, -0.15) is 0 Å². The van der Waals surface area contributed by atoms with Crippen molar-refractivity contribution in [2.75, 3.05) is 5.32 Å². The molecule has 0 radical (unpaired) electrons. The Balaban J connectivity index is 1.43. The van der Waals surface area contributed by atoms with Crippen LogP contribution in [0.5, 0.6) is 5.75 Å². The van der Waals surface area contributed by atoms with E-state index in [1.165, 1.54) is 0 Å². The van der Waals surface area contributed by atoms with Crippen molar-refractivity contribution in [1.82, 2.24) is 10.5 Å². The molecule has 2 aromatic heterocycles. The minimum atomic E-state index is -0.357. The van der Waals surface area contributed by atoms with Crippen LogP contribution in [0.4, 0.5) is 5.69 Å². The molecule has 2 aromatic carbocycles. The van der Waals surface area contributed by atoms with Gasteiger partial charge in [0.05, 0.1) is 35.3 Å². The van der Waals surface area contributed by atoms with E-state index in [9.17, 15) is 9.59 Å². The summed E-state index contributed by atoms with van der Waals surface area (Å²) in [5.41, 5.74) is 2.80. The molecule has 0 aliphatic heterocycles. The van der Waals surface area contributed by atoms with Crippen LogP contribution < -0.4 is 15.4 Å². The zero-order valence-corrected chi connectivity index (χ0v) is 18.3. The van der Waals surface area contributed by atoms with Crippen molar-refractivity contribution >= 4 is 17.5 Å². The number of amides is 2. The van der Waals surface area contributed by atoms with Gasteiger partial charge in [-0.15, -0.1) is 0 Å². The van der Waals surface area contributed by atoms with Crippen molar-refractivity contribution in [2.24, 2.45) is 0 Å². The molecule has 168 valence electrons. The summed E-state index contributed by atoms with van der Waals surface area (Å²) < 4.78 is 16.2. The highest BCUT2D eigenvalue weighted by atomic mass is 16.5. The van der Waals surface area contributed by atoms with Gasteiger partial charge in [-0.3, -0.25) is 9.59 Å². The third-order valence-corrected chi connectivity index (χ3v) is 5.08.